The van der Waals surface area contributed by atoms with Gasteiger partial charge in [0.15, 0.2) is 0 Å². The molecule has 0 spiro atoms. The molecule has 2 fully saturated rings. The zero-order valence-electron chi connectivity index (χ0n) is 13.8. The molecule has 3 nitrogen and oxygen atoms in total. The summed E-state index contributed by atoms with van der Waals surface area (Å²) in [7, 11) is 0. The molecule has 3 heteroatoms. The molecule has 2 heterocycles. The van der Waals surface area contributed by atoms with E-state index in [-0.39, 0.29) is 6.10 Å². The molecular weight excluding hydrogens is 272 g/mol. The predicted octanol–water partition coefficient (Wildman–Crippen LogP) is 2.92. The SMILES string of the molecule is CC1CCN(C2CCN(CC(O)c3ccccc3)CC2)CC1. The second-order valence-electron chi connectivity index (χ2n) is 7.18. The van der Waals surface area contributed by atoms with Crippen LogP contribution in [-0.4, -0.2) is 53.7 Å². The molecule has 0 amide bonds. The smallest absolute Gasteiger partial charge is 0.0916 e. The topological polar surface area (TPSA) is 26.7 Å². The van der Waals surface area contributed by atoms with E-state index in [0.717, 1.165) is 37.2 Å². The van der Waals surface area contributed by atoms with Crippen molar-refractivity contribution in [2.45, 2.75) is 44.8 Å². The van der Waals surface area contributed by atoms with Crippen molar-refractivity contribution in [1.82, 2.24) is 9.80 Å². The molecule has 1 N–H and O–H groups in total. The fraction of sp³-hybridized carbons (Fsp3) is 0.684. The quantitative estimate of drug-likeness (QED) is 0.926. The van der Waals surface area contributed by atoms with Crippen LogP contribution < -0.4 is 0 Å². The highest BCUT2D eigenvalue weighted by Gasteiger charge is 2.27. The highest BCUT2D eigenvalue weighted by molar-refractivity contribution is 5.17. The van der Waals surface area contributed by atoms with E-state index in [9.17, 15) is 5.11 Å². The van der Waals surface area contributed by atoms with Crippen molar-refractivity contribution in [2.75, 3.05) is 32.7 Å². The van der Waals surface area contributed by atoms with E-state index in [1.54, 1.807) is 0 Å². The molecule has 1 aromatic rings. The second kappa shape index (κ2) is 7.58. The first-order valence-electron chi connectivity index (χ1n) is 8.92. The zero-order chi connectivity index (χ0) is 15.4. The molecule has 0 saturated carbocycles. The Kier molecular flexibility index (Phi) is 5.51. The van der Waals surface area contributed by atoms with Crippen LogP contribution in [0.5, 0.6) is 0 Å². The minimum Gasteiger partial charge on any atom is -0.387 e. The Labute approximate surface area is 134 Å². The third-order valence-electron chi connectivity index (χ3n) is 5.51. The van der Waals surface area contributed by atoms with Crippen molar-refractivity contribution < 1.29 is 5.11 Å². The molecular formula is C19H30N2O. The minimum atomic E-state index is -0.353. The summed E-state index contributed by atoms with van der Waals surface area (Å²) in [5, 5.41) is 10.4. The lowest BCUT2D eigenvalue weighted by Gasteiger charge is -2.41. The van der Waals surface area contributed by atoms with Crippen molar-refractivity contribution in [3.63, 3.8) is 0 Å². The van der Waals surface area contributed by atoms with Gasteiger partial charge in [-0.2, -0.15) is 0 Å². The van der Waals surface area contributed by atoms with Crippen LogP contribution >= 0.6 is 0 Å². The number of piperidine rings is 2. The van der Waals surface area contributed by atoms with Crippen LogP contribution in [0.15, 0.2) is 30.3 Å². The summed E-state index contributed by atoms with van der Waals surface area (Å²) >= 11 is 0. The van der Waals surface area contributed by atoms with E-state index >= 15 is 0 Å². The fourth-order valence-electron chi connectivity index (χ4n) is 3.89. The summed E-state index contributed by atoms with van der Waals surface area (Å²) in [5.41, 5.74) is 1.04. The first-order valence-corrected chi connectivity index (χ1v) is 8.92. The van der Waals surface area contributed by atoms with Gasteiger partial charge in [0.05, 0.1) is 6.10 Å². The van der Waals surface area contributed by atoms with Crippen LogP contribution in [0.25, 0.3) is 0 Å². The average molecular weight is 302 g/mol. The molecule has 2 aliphatic rings. The maximum absolute atomic E-state index is 10.4. The number of hydrogen-bond acceptors (Lipinski definition) is 3. The van der Waals surface area contributed by atoms with Crippen molar-refractivity contribution in [1.29, 1.82) is 0 Å². The van der Waals surface area contributed by atoms with Gasteiger partial charge in [0.25, 0.3) is 0 Å². The normalized spacial score (nSPS) is 24.5. The van der Waals surface area contributed by atoms with E-state index < -0.39 is 0 Å². The zero-order valence-corrected chi connectivity index (χ0v) is 13.8. The van der Waals surface area contributed by atoms with E-state index in [0.29, 0.717) is 0 Å². The summed E-state index contributed by atoms with van der Waals surface area (Å²) in [5.74, 6) is 0.914. The molecule has 0 radical (unpaired) electrons. The first kappa shape index (κ1) is 16.0. The van der Waals surface area contributed by atoms with Gasteiger partial charge in [0, 0.05) is 12.6 Å². The van der Waals surface area contributed by atoms with Gasteiger partial charge in [0.2, 0.25) is 0 Å². The average Bonchev–Trinajstić information content (AvgIpc) is 2.57. The van der Waals surface area contributed by atoms with Crippen molar-refractivity contribution >= 4 is 0 Å². The number of rotatable bonds is 4. The number of nitrogens with zero attached hydrogens (tertiary/aromatic N) is 2. The first-order chi connectivity index (χ1) is 10.7. The lowest BCUT2D eigenvalue weighted by Crippen LogP contribution is -2.48. The van der Waals surface area contributed by atoms with Gasteiger partial charge in [-0.15, -0.1) is 0 Å². The third-order valence-corrected chi connectivity index (χ3v) is 5.51. The van der Waals surface area contributed by atoms with Crippen LogP contribution in [-0.2, 0) is 0 Å². The minimum absolute atomic E-state index is 0.353. The molecule has 0 aromatic heterocycles. The molecule has 2 saturated heterocycles. The lowest BCUT2D eigenvalue weighted by atomic mass is 9.94. The summed E-state index contributed by atoms with van der Waals surface area (Å²) in [6, 6.07) is 10.8. The van der Waals surface area contributed by atoms with E-state index in [1.165, 1.54) is 38.8 Å². The highest BCUT2D eigenvalue weighted by atomic mass is 16.3. The summed E-state index contributed by atoms with van der Waals surface area (Å²) in [6.07, 6.45) is 4.90. The molecule has 122 valence electrons. The fourth-order valence-corrected chi connectivity index (χ4v) is 3.89. The van der Waals surface area contributed by atoms with Crippen LogP contribution in [0, 0.1) is 5.92 Å². The molecule has 0 aliphatic carbocycles. The summed E-state index contributed by atoms with van der Waals surface area (Å²) < 4.78 is 0. The van der Waals surface area contributed by atoms with Crippen LogP contribution in [0.4, 0.5) is 0 Å². The highest BCUT2D eigenvalue weighted by Crippen LogP contribution is 2.24. The lowest BCUT2D eigenvalue weighted by molar-refractivity contribution is 0.0542. The van der Waals surface area contributed by atoms with Crippen molar-refractivity contribution in [3.8, 4) is 0 Å². The molecule has 22 heavy (non-hydrogen) atoms. The monoisotopic (exact) mass is 302 g/mol. The van der Waals surface area contributed by atoms with Gasteiger partial charge in [-0.05, 0) is 63.3 Å². The maximum atomic E-state index is 10.4. The van der Waals surface area contributed by atoms with Crippen LogP contribution in [0.1, 0.15) is 44.3 Å². The molecule has 1 aromatic carbocycles. The van der Waals surface area contributed by atoms with Crippen LogP contribution in [0.3, 0.4) is 0 Å². The Morgan fingerprint density at radius 2 is 1.64 bits per heavy atom. The van der Waals surface area contributed by atoms with Gasteiger partial charge in [-0.1, -0.05) is 37.3 Å². The van der Waals surface area contributed by atoms with Gasteiger partial charge in [0.1, 0.15) is 0 Å². The molecule has 2 aliphatic heterocycles. The number of likely N-dealkylation sites (tertiary alicyclic amines) is 2. The largest absolute Gasteiger partial charge is 0.387 e. The number of benzene rings is 1. The van der Waals surface area contributed by atoms with E-state index in [1.807, 2.05) is 30.3 Å². The predicted molar refractivity (Wildman–Crippen MR) is 90.8 cm³/mol. The maximum Gasteiger partial charge on any atom is 0.0916 e. The van der Waals surface area contributed by atoms with Gasteiger partial charge in [-0.3, -0.25) is 0 Å². The Hall–Kier alpha value is -0.900. The number of aliphatic hydroxyl groups excluding tert-OH is 1. The molecule has 1 atom stereocenters. The van der Waals surface area contributed by atoms with E-state index in [4.69, 9.17) is 0 Å². The second-order valence-corrected chi connectivity index (χ2v) is 7.18. The standard InChI is InChI=1S/C19H30N2O/c1-16-7-13-21(14-8-16)18-9-11-20(12-10-18)15-19(22)17-5-3-2-4-6-17/h2-6,16,18-19,22H,7-15H2,1H3. The molecule has 1 unspecified atom stereocenters. The summed E-state index contributed by atoms with van der Waals surface area (Å²) in [4.78, 5) is 5.14. The number of aliphatic hydroxyl groups is 1. The van der Waals surface area contributed by atoms with Gasteiger partial charge in [-0.25, -0.2) is 0 Å². The summed E-state index contributed by atoms with van der Waals surface area (Å²) in [6.45, 7) is 7.98. The Bertz CT molecular complexity index is 434. The van der Waals surface area contributed by atoms with Crippen molar-refractivity contribution in [3.05, 3.63) is 35.9 Å². The third kappa shape index (κ3) is 4.09. The van der Waals surface area contributed by atoms with Gasteiger partial charge >= 0.3 is 0 Å². The number of β-amino-alcohol motifs (C(OH)–C–C–N with tert-alkyl or cyclic N) is 1. The Morgan fingerprint density at radius 1 is 1.00 bits per heavy atom. The van der Waals surface area contributed by atoms with Crippen molar-refractivity contribution in [2.24, 2.45) is 5.92 Å². The van der Waals surface area contributed by atoms with E-state index in [2.05, 4.69) is 16.7 Å². The van der Waals surface area contributed by atoms with Crippen LogP contribution in [0.2, 0.25) is 0 Å². The Balaban J connectivity index is 1.44. The Morgan fingerprint density at radius 3 is 2.27 bits per heavy atom. The molecule has 0 bridgehead atoms. The molecule has 3 rings (SSSR count). The van der Waals surface area contributed by atoms with Gasteiger partial charge < -0.3 is 14.9 Å². The number of hydrogen-bond donors (Lipinski definition) is 1.